The normalized spacial score (nSPS) is 12.4. The van der Waals surface area contributed by atoms with E-state index < -0.39 is 0 Å². The fraction of sp³-hybridized carbons (Fsp3) is 0.263. The van der Waals surface area contributed by atoms with Gasteiger partial charge in [0.05, 0.1) is 6.26 Å². The minimum Gasteiger partial charge on any atom is -0.469 e. The lowest BCUT2D eigenvalue weighted by molar-refractivity contribution is 0.466. The smallest absolute Gasteiger partial charge is 0.111 e. The molecule has 0 aliphatic carbocycles. The molecule has 0 fully saturated rings. The van der Waals surface area contributed by atoms with Crippen molar-refractivity contribution in [2.45, 2.75) is 25.8 Å². The number of thiophene rings is 1. The molecule has 3 rings (SSSR count). The third-order valence-electron chi connectivity index (χ3n) is 3.86. The molecule has 1 N–H and O–H groups in total. The number of rotatable bonds is 7. The zero-order valence-electron chi connectivity index (χ0n) is 12.8. The Bertz CT molecular complexity index is 656. The fourth-order valence-electron chi connectivity index (χ4n) is 2.63. The second-order valence-corrected chi connectivity index (χ2v) is 6.56. The van der Waals surface area contributed by atoms with E-state index in [0.29, 0.717) is 5.92 Å². The molecule has 2 aromatic heterocycles. The van der Waals surface area contributed by atoms with Gasteiger partial charge in [-0.2, -0.15) is 0 Å². The van der Waals surface area contributed by atoms with E-state index in [1.807, 2.05) is 6.07 Å². The van der Waals surface area contributed by atoms with Crippen LogP contribution >= 0.6 is 11.3 Å². The molecule has 0 radical (unpaired) electrons. The molecule has 1 aromatic carbocycles. The van der Waals surface area contributed by atoms with Crippen LogP contribution in [-0.4, -0.2) is 6.54 Å². The summed E-state index contributed by atoms with van der Waals surface area (Å²) < 4.78 is 5.66. The second kappa shape index (κ2) is 7.43. The first-order chi connectivity index (χ1) is 10.8. The summed E-state index contributed by atoms with van der Waals surface area (Å²) in [7, 11) is 0. The van der Waals surface area contributed by atoms with Gasteiger partial charge in [-0.15, -0.1) is 11.3 Å². The fourth-order valence-corrected chi connectivity index (χ4v) is 3.31. The first-order valence-electron chi connectivity index (χ1n) is 7.66. The number of hydrogen-bond acceptors (Lipinski definition) is 3. The van der Waals surface area contributed by atoms with E-state index in [0.717, 1.165) is 25.3 Å². The van der Waals surface area contributed by atoms with Gasteiger partial charge < -0.3 is 9.73 Å². The number of aryl methyl sites for hydroxylation is 1. The van der Waals surface area contributed by atoms with Crippen molar-refractivity contribution in [2.24, 2.45) is 0 Å². The number of hydrogen-bond donors (Lipinski definition) is 1. The summed E-state index contributed by atoms with van der Waals surface area (Å²) in [6.07, 6.45) is 2.79. The van der Waals surface area contributed by atoms with Crippen LogP contribution in [0.25, 0.3) is 0 Å². The molecule has 0 unspecified atom stereocenters. The van der Waals surface area contributed by atoms with E-state index in [4.69, 9.17) is 4.42 Å². The molecule has 0 bridgehead atoms. The minimum absolute atomic E-state index is 0.312. The number of benzene rings is 1. The van der Waals surface area contributed by atoms with Crippen molar-refractivity contribution < 1.29 is 4.42 Å². The summed E-state index contributed by atoms with van der Waals surface area (Å²) in [5.74, 6) is 1.35. The van der Waals surface area contributed by atoms with Gasteiger partial charge in [0.25, 0.3) is 0 Å². The lowest BCUT2D eigenvalue weighted by Gasteiger charge is -2.16. The molecular weight excluding hydrogens is 290 g/mol. The summed E-state index contributed by atoms with van der Waals surface area (Å²) in [5, 5.41) is 5.65. The highest BCUT2D eigenvalue weighted by Crippen LogP contribution is 2.28. The molecule has 2 nitrogen and oxygen atoms in total. The van der Waals surface area contributed by atoms with Crippen LogP contribution in [0.4, 0.5) is 0 Å². The van der Waals surface area contributed by atoms with Crippen LogP contribution in [0.5, 0.6) is 0 Å². The standard InChI is InChI=1S/C19H21NOS/c1-15-6-8-16(9-7-15)18(19-5-2-12-21-19)10-11-20-14-17-4-3-13-22-17/h2-9,12-13,18,20H,10-11,14H2,1H3/t18-/m1/s1. The summed E-state index contributed by atoms with van der Waals surface area (Å²) in [6.45, 7) is 4.03. The maximum absolute atomic E-state index is 5.66. The van der Waals surface area contributed by atoms with Crippen LogP contribution in [0.3, 0.4) is 0 Å². The molecule has 0 saturated carbocycles. The molecule has 0 aliphatic heterocycles. The van der Waals surface area contributed by atoms with Gasteiger partial charge in [0, 0.05) is 17.3 Å². The van der Waals surface area contributed by atoms with Crippen molar-refractivity contribution in [3.63, 3.8) is 0 Å². The van der Waals surface area contributed by atoms with E-state index >= 15 is 0 Å². The zero-order chi connectivity index (χ0) is 15.2. The van der Waals surface area contributed by atoms with Crippen LogP contribution in [0.1, 0.15) is 34.1 Å². The first kappa shape index (κ1) is 15.1. The highest BCUT2D eigenvalue weighted by atomic mass is 32.1. The molecule has 2 heterocycles. The van der Waals surface area contributed by atoms with Crippen LogP contribution in [0, 0.1) is 6.92 Å². The molecule has 0 spiro atoms. The lowest BCUT2D eigenvalue weighted by Crippen LogP contribution is -2.17. The highest BCUT2D eigenvalue weighted by molar-refractivity contribution is 7.09. The van der Waals surface area contributed by atoms with E-state index in [1.54, 1.807) is 17.6 Å². The van der Waals surface area contributed by atoms with Crippen molar-refractivity contribution in [1.29, 1.82) is 0 Å². The van der Waals surface area contributed by atoms with Gasteiger partial charge in [0.15, 0.2) is 0 Å². The summed E-state index contributed by atoms with van der Waals surface area (Å²) >= 11 is 1.80. The summed E-state index contributed by atoms with van der Waals surface area (Å²) in [5.41, 5.74) is 2.61. The van der Waals surface area contributed by atoms with Gasteiger partial charge in [0.2, 0.25) is 0 Å². The highest BCUT2D eigenvalue weighted by Gasteiger charge is 2.16. The predicted octanol–water partition coefficient (Wildman–Crippen LogP) is 4.96. The molecule has 0 aliphatic rings. The molecular formula is C19H21NOS. The van der Waals surface area contributed by atoms with E-state index in [2.05, 4.69) is 60.1 Å². The Kier molecular flexibility index (Phi) is 5.09. The van der Waals surface area contributed by atoms with Gasteiger partial charge in [-0.1, -0.05) is 35.9 Å². The maximum atomic E-state index is 5.66. The second-order valence-electron chi connectivity index (χ2n) is 5.52. The average Bonchev–Trinajstić information content (AvgIpc) is 3.21. The predicted molar refractivity (Wildman–Crippen MR) is 92.4 cm³/mol. The molecule has 1 atom stereocenters. The topological polar surface area (TPSA) is 25.2 Å². The van der Waals surface area contributed by atoms with Crippen molar-refractivity contribution >= 4 is 11.3 Å². The van der Waals surface area contributed by atoms with Gasteiger partial charge in [0.1, 0.15) is 5.76 Å². The van der Waals surface area contributed by atoms with Crippen LogP contribution < -0.4 is 5.32 Å². The van der Waals surface area contributed by atoms with Crippen molar-refractivity contribution in [1.82, 2.24) is 5.32 Å². The first-order valence-corrected chi connectivity index (χ1v) is 8.54. The molecule has 22 heavy (non-hydrogen) atoms. The van der Waals surface area contributed by atoms with Crippen LogP contribution in [0.2, 0.25) is 0 Å². The maximum Gasteiger partial charge on any atom is 0.111 e. The summed E-state index contributed by atoms with van der Waals surface area (Å²) in [4.78, 5) is 1.38. The Morgan fingerprint density at radius 3 is 2.64 bits per heavy atom. The Morgan fingerprint density at radius 2 is 1.95 bits per heavy atom. The van der Waals surface area contributed by atoms with Crippen molar-refractivity contribution in [3.05, 3.63) is 81.9 Å². The third kappa shape index (κ3) is 3.87. The molecule has 114 valence electrons. The Labute approximate surface area is 135 Å². The average molecular weight is 311 g/mol. The van der Waals surface area contributed by atoms with Crippen LogP contribution in [-0.2, 0) is 6.54 Å². The Hall–Kier alpha value is -1.84. The Morgan fingerprint density at radius 1 is 1.09 bits per heavy atom. The minimum atomic E-state index is 0.312. The van der Waals surface area contributed by atoms with Crippen molar-refractivity contribution in [3.8, 4) is 0 Å². The van der Waals surface area contributed by atoms with Gasteiger partial charge in [-0.25, -0.2) is 0 Å². The van der Waals surface area contributed by atoms with Crippen LogP contribution in [0.15, 0.2) is 64.6 Å². The van der Waals surface area contributed by atoms with E-state index in [1.165, 1.54) is 16.0 Å². The van der Waals surface area contributed by atoms with E-state index in [-0.39, 0.29) is 0 Å². The molecule has 0 saturated heterocycles. The van der Waals surface area contributed by atoms with Gasteiger partial charge in [-0.05, 0) is 49.0 Å². The Balaban J connectivity index is 1.63. The zero-order valence-corrected chi connectivity index (χ0v) is 13.6. The van der Waals surface area contributed by atoms with Crippen molar-refractivity contribution in [2.75, 3.05) is 6.54 Å². The molecule has 3 heteroatoms. The van der Waals surface area contributed by atoms with Gasteiger partial charge in [-0.3, -0.25) is 0 Å². The quantitative estimate of drug-likeness (QED) is 0.624. The molecule has 3 aromatic rings. The largest absolute Gasteiger partial charge is 0.469 e. The lowest BCUT2D eigenvalue weighted by atomic mass is 9.92. The van der Waals surface area contributed by atoms with Gasteiger partial charge >= 0.3 is 0 Å². The molecule has 0 amide bonds. The third-order valence-corrected chi connectivity index (χ3v) is 4.73. The summed E-state index contributed by atoms with van der Waals surface area (Å²) in [6, 6.07) is 17.1. The monoisotopic (exact) mass is 311 g/mol. The SMILES string of the molecule is Cc1ccc([C@@H](CCNCc2cccs2)c2ccco2)cc1. The van der Waals surface area contributed by atoms with E-state index in [9.17, 15) is 0 Å². The number of furan rings is 1. The number of nitrogens with one attached hydrogen (secondary N) is 1.